The first-order valence-corrected chi connectivity index (χ1v) is 6.02. The van der Waals surface area contributed by atoms with Crippen LogP contribution in [0.4, 0.5) is 0 Å². The first-order chi connectivity index (χ1) is 6.40. The summed E-state index contributed by atoms with van der Waals surface area (Å²) in [7, 11) is 0. The van der Waals surface area contributed by atoms with Crippen LogP contribution in [0.15, 0.2) is 0 Å². The largest absolute Gasteiger partial charge is 0.396 e. The highest BCUT2D eigenvalue weighted by Crippen LogP contribution is 2.24. The van der Waals surface area contributed by atoms with Crippen molar-refractivity contribution < 1.29 is 5.11 Å². The van der Waals surface area contributed by atoms with E-state index in [0.29, 0.717) is 5.25 Å². The predicted octanol–water partition coefficient (Wildman–Crippen LogP) is 1.84. The number of thioether (sulfide) groups is 1. The zero-order chi connectivity index (χ0) is 11.2. The van der Waals surface area contributed by atoms with Crippen LogP contribution in [0, 0.1) is 10.8 Å². The molecule has 0 aliphatic heterocycles. The molecule has 0 radical (unpaired) electrons. The number of aliphatic hydroxyl groups is 1. The van der Waals surface area contributed by atoms with Crippen molar-refractivity contribution >= 4 is 17.6 Å². The lowest BCUT2D eigenvalue weighted by Gasteiger charge is -2.23. The number of rotatable bonds is 7. The van der Waals surface area contributed by atoms with Gasteiger partial charge in [0.2, 0.25) is 0 Å². The van der Waals surface area contributed by atoms with E-state index in [0.717, 1.165) is 18.6 Å². The molecule has 0 aromatic carbocycles. The molecule has 0 saturated heterocycles. The van der Waals surface area contributed by atoms with Crippen LogP contribution in [-0.2, 0) is 0 Å². The molecular formula is C10H22N2OS. The van der Waals surface area contributed by atoms with Gasteiger partial charge in [-0.1, -0.05) is 20.8 Å². The highest BCUT2D eigenvalue weighted by Gasteiger charge is 2.21. The third kappa shape index (κ3) is 5.50. The molecule has 1 atom stereocenters. The molecule has 0 bridgehead atoms. The minimum Gasteiger partial charge on any atom is -0.396 e. The van der Waals surface area contributed by atoms with Gasteiger partial charge in [0, 0.05) is 17.3 Å². The Morgan fingerprint density at radius 1 is 1.57 bits per heavy atom. The van der Waals surface area contributed by atoms with Gasteiger partial charge in [-0.3, -0.25) is 5.41 Å². The summed E-state index contributed by atoms with van der Waals surface area (Å²) in [5, 5.41) is 16.6. The average molecular weight is 218 g/mol. The number of aliphatic hydroxyl groups excluding tert-OH is 1. The van der Waals surface area contributed by atoms with E-state index < -0.39 is 0 Å². The van der Waals surface area contributed by atoms with Gasteiger partial charge in [0.1, 0.15) is 0 Å². The van der Waals surface area contributed by atoms with Gasteiger partial charge in [0.15, 0.2) is 0 Å². The van der Waals surface area contributed by atoms with Gasteiger partial charge in [-0.05, 0) is 18.6 Å². The fraction of sp³-hybridized carbons (Fsp3) is 0.900. The normalized spacial score (nSPS) is 14.0. The van der Waals surface area contributed by atoms with E-state index in [1.807, 2.05) is 25.6 Å². The van der Waals surface area contributed by atoms with Gasteiger partial charge in [-0.15, -0.1) is 0 Å². The Balaban J connectivity index is 3.68. The molecule has 4 N–H and O–H groups in total. The van der Waals surface area contributed by atoms with E-state index in [4.69, 9.17) is 16.2 Å². The fourth-order valence-electron chi connectivity index (χ4n) is 0.915. The van der Waals surface area contributed by atoms with Crippen LogP contribution in [0.25, 0.3) is 0 Å². The summed E-state index contributed by atoms with van der Waals surface area (Å²) in [6, 6.07) is 0. The van der Waals surface area contributed by atoms with E-state index >= 15 is 0 Å². The Morgan fingerprint density at radius 2 is 2.14 bits per heavy atom. The molecule has 0 aliphatic carbocycles. The maximum Gasteiger partial charge on any atom is 0.0963 e. The zero-order valence-corrected chi connectivity index (χ0v) is 10.2. The van der Waals surface area contributed by atoms with Crippen LogP contribution in [0.2, 0.25) is 0 Å². The van der Waals surface area contributed by atoms with Crippen molar-refractivity contribution in [2.24, 2.45) is 11.1 Å². The number of amidine groups is 1. The molecule has 0 amide bonds. The molecule has 0 rings (SSSR count). The second kappa shape index (κ2) is 6.30. The third-order valence-corrected chi connectivity index (χ3v) is 3.64. The number of nitrogens with one attached hydrogen (secondary N) is 1. The highest BCUT2D eigenvalue weighted by molar-refractivity contribution is 7.99. The molecular weight excluding hydrogens is 196 g/mol. The lowest BCUT2D eigenvalue weighted by molar-refractivity contribution is 0.289. The monoisotopic (exact) mass is 218 g/mol. The quantitative estimate of drug-likeness (QED) is 0.451. The molecule has 4 heteroatoms. The van der Waals surface area contributed by atoms with Crippen molar-refractivity contribution in [3.63, 3.8) is 0 Å². The van der Waals surface area contributed by atoms with Gasteiger partial charge in [0.25, 0.3) is 0 Å². The van der Waals surface area contributed by atoms with E-state index in [-0.39, 0.29) is 17.9 Å². The molecule has 0 spiro atoms. The van der Waals surface area contributed by atoms with Crippen molar-refractivity contribution in [3.05, 3.63) is 0 Å². The van der Waals surface area contributed by atoms with Gasteiger partial charge in [-0.2, -0.15) is 11.8 Å². The van der Waals surface area contributed by atoms with Gasteiger partial charge >= 0.3 is 0 Å². The topological polar surface area (TPSA) is 70.1 Å². The van der Waals surface area contributed by atoms with Crippen molar-refractivity contribution in [1.29, 1.82) is 5.41 Å². The summed E-state index contributed by atoms with van der Waals surface area (Å²) in [5.74, 6) is 1.25. The molecule has 0 saturated carbocycles. The minimum atomic E-state index is -0.189. The van der Waals surface area contributed by atoms with Gasteiger partial charge < -0.3 is 10.8 Å². The zero-order valence-electron chi connectivity index (χ0n) is 9.34. The first kappa shape index (κ1) is 13.8. The lowest BCUT2D eigenvalue weighted by atomic mass is 9.89. The lowest BCUT2D eigenvalue weighted by Crippen LogP contribution is -2.31. The van der Waals surface area contributed by atoms with E-state index in [1.54, 1.807) is 0 Å². The SMILES string of the molecule is CC(CCO)SCCC(C)(C)C(=N)N. The molecule has 0 fully saturated rings. The van der Waals surface area contributed by atoms with Crippen molar-refractivity contribution in [2.75, 3.05) is 12.4 Å². The Kier molecular flexibility index (Phi) is 6.20. The van der Waals surface area contributed by atoms with E-state index in [1.165, 1.54) is 0 Å². The Morgan fingerprint density at radius 3 is 2.57 bits per heavy atom. The maximum absolute atomic E-state index is 8.72. The van der Waals surface area contributed by atoms with Crippen LogP contribution in [0.3, 0.4) is 0 Å². The van der Waals surface area contributed by atoms with Gasteiger partial charge in [-0.25, -0.2) is 0 Å². The highest BCUT2D eigenvalue weighted by atomic mass is 32.2. The number of hydrogen-bond acceptors (Lipinski definition) is 3. The molecule has 14 heavy (non-hydrogen) atoms. The average Bonchev–Trinajstić information content (AvgIpc) is 2.04. The summed E-state index contributed by atoms with van der Waals surface area (Å²) >= 11 is 1.83. The number of hydrogen-bond donors (Lipinski definition) is 3. The van der Waals surface area contributed by atoms with Crippen LogP contribution < -0.4 is 5.73 Å². The van der Waals surface area contributed by atoms with Crippen LogP contribution in [0.1, 0.15) is 33.6 Å². The Labute approximate surface area is 91.0 Å². The van der Waals surface area contributed by atoms with Crippen LogP contribution in [-0.4, -0.2) is 28.6 Å². The predicted molar refractivity (Wildman–Crippen MR) is 63.9 cm³/mol. The van der Waals surface area contributed by atoms with Crippen LogP contribution in [0.5, 0.6) is 0 Å². The second-order valence-electron chi connectivity index (χ2n) is 4.24. The first-order valence-electron chi connectivity index (χ1n) is 4.97. The molecule has 0 aromatic heterocycles. The van der Waals surface area contributed by atoms with E-state index in [9.17, 15) is 0 Å². The van der Waals surface area contributed by atoms with Gasteiger partial charge in [0.05, 0.1) is 5.84 Å². The van der Waals surface area contributed by atoms with E-state index in [2.05, 4.69) is 6.92 Å². The van der Waals surface area contributed by atoms with Crippen LogP contribution >= 0.6 is 11.8 Å². The Hall–Kier alpha value is -0.220. The standard InChI is InChI=1S/C10H22N2OS/c1-8(4-6-13)14-7-5-10(2,3)9(11)12/h8,13H,4-7H2,1-3H3,(H3,11,12). The molecule has 84 valence electrons. The molecule has 0 aliphatic rings. The summed E-state index contributed by atoms with van der Waals surface area (Å²) in [6.45, 7) is 6.35. The molecule has 3 nitrogen and oxygen atoms in total. The summed E-state index contributed by atoms with van der Waals surface area (Å²) in [6.07, 6.45) is 1.76. The molecule has 1 unspecified atom stereocenters. The summed E-state index contributed by atoms with van der Waals surface area (Å²) < 4.78 is 0. The van der Waals surface area contributed by atoms with Crippen molar-refractivity contribution in [1.82, 2.24) is 0 Å². The Bertz CT molecular complexity index is 183. The maximum atomic E-state index is 8.72. The van der Waals surface area contributed by atoms with Crippen molar-refractivity contribution in [2.45, 2.75) is 38.9 Å². The minimum absolute atomic E-state index is 0.189. The summed E-state index contributed by atoms with van der Waals surface area (Å²) in [4.78, 5) is 0. The third-order valence-electron chi connectivity index (χ3n) is 2.39. The summed E-state index contributed by atoms with van der Waals surface area (Å²) in [5.41, 5.74) is 5.29. The molecule has 0 aromatic rings. The smallest absolute Gasteiger partial charge is 0.0963 e. The van der Waals surface area contributed by atoms with Crippen molar-refractivity contribution in [3.8, 4) is 0 Å². The molecule has 0 heterocycles. The second-order valence-corrected chi connectivity index (χ2v) is 5.79. The fourth-order valence-corrected chi connectivity index (χ4v) is 2.22. The number of nitrogens with two attached hydrogens (primary N) is 1.